The molecule has 1 heterocycles. The highest BCUT2D eigenvalue weighted by atomic mass is 16.4. The molecule has 84 valence electrons. The Balaban J connectivity index is 2.78. The van der Waals surface area contributed by atoms with E-state index in [0.29, 0.717) is 0 Å². The first-order chi connectivity index (χ1) is 6.93. The van der Waals surface area contributed by atoms with Crippen LogP contribution in [-0.2, 0) is 14.4 Å². The highest BCUT2D eigenvalue weighted by Gasteiger charge is 2.41. The molecule has 4 N–H and O–H groups in total. The summed E-state index contributed by atoms with van der Waals surface area (Å²) >= 11 is 0. The van der Waals surface area contributed by atoms with E-state index >= 15 is 0 Å². The van der Waals surface area contributed by atoms with Gasteiger partial charge < -0.3 is 20.6 Å². The molecule has 1 saturated heterocycles. The standard InChI is InChI=1S/C8H11NO6/c10-6(11)3-1-4(7(12)13)5(8(14)15)9-2-3/h3-5,9H,1-2H2,(H,10,11)(H,12,13)(H,14,15)/t3-,4+,5-/m1/s1. The quantitative estimate of drug-likeness (QED) is 0.469. The summed E-state index contributed by atoms with van der Waals surface area (Å²) in [6.45, 7) is -0.0178. The second-order valence-electron chi connectivity index (χ2n) is 3.44. The predicted molar refractivity (Wildman–Crippen MR) is 46.3 cm³/mol. The van der Waals surface area contributed by atoms with Gasteiger partial charge in [-0.2, -0.15) is 0 Å². The van der Waals surface area contributed by atoms with E-state index in [4.69, 9.17) is 15.3 Å². The fourth-order valence-electron chi connectivity index (χ4n) is 1.63. The molecule has 0 bridgehead atoms. The fraction of sp³-hybridized carbons (Fsp3) is 0.625. The van der Waals surface area contributed by atoms with E-state index in [1.54, 1.807) is 0 Å². The molecular weight excluding hydrogens is 206 g/mol. The number of rotatable bonds is 3. The van der Waals surface area contributed by atoms with E-state index < -0.39 is 35.8 Å². The van der Waals surface area contributed by atoms with Crippen molar-refractivity contribution >= 4 is 17.9 Å². The van der Waals surface area contributed by atoms with Crippen molar-refractivity contribution < 1.29 is 29.7 Å². The Morgan fingerprint density at radius 3 is 2.00 bits per heavy atom. The van der Waals surface area contributed by atoms with Crippen molar-refractivity contribution in [2.75, 3.05) is 6.54 Å². The predicted octanol–water partition coefficient (Wildman–Crippen LogP) is -1.17. The molecule has 0 aromatic rings. The first-order valence-electron chi connectivity index (χ1n) is 4.35. The molecule has 0 saturated carbocycles. The minimum absolute atomic E-state index is 0.0178. The maximum atomic E-state index is 10.7. The lowest BCUT2D eigenvalue weighted by Gasteiger charge is -2.30. The zero-order valence-electron chi connectivity index (χ0n) is 7.71. The van der Waals surface area contributed by atoms with Crippen molar-refractivity contribution in [1.82, 2.24) is 5.32 Å². The second-order valence-corrected chi connectivity index (χ2v) is 3.44. The van der Waals surface area contributed by atoms with Crippen LogP contribution in [0.15, 0.2) is 0 Å². The van der Waals surface area contributed by atoms with Gasteiger partial charge in [-0.05, 0) is 6.42 Å². The van der Waals surface area contributed by atoms with Gasteiger partial charge in [0, 0.05) is 6.54 Å². The van der Waals surface area contributed by atoms with E-state index in [9.17, 15) is 14.4 Å². The Morgan fingerprint density at radius 2 is 1.60 bits per heavy atom. The number of carboxylic acid groups (broad SMARTS) is 3. The van der Waals surface area contributed by atoms with E-state index in [1.165, 1.54) is 0 Å². The van der Waals surface area contributed by atoms with E-state index in [2.05, 4.69) is 5.32 Å². The van der Waals surface area contributed by atoms with Gasteiger partial charge in [0.15, 0.2) is 0 Å². The fourth-order valence-corrected chi connectivity index (χ4v) is 1.63. The van der Waals surface area contributed by atoms with Crippen LogP contribution in [0.25, 0.3) is 0 Å². The van der Waals surface area contributed by atoms with Crippen LogP contribution in [0.5, 0.6) is 0 Å². The summed E-state index contributed by atoms with van der Waals surface area (Å²) < 4.78 is 0. The Kier molecular flexibility index (Phi) is 3.25. The molecule has 1 rings (SSSR count). The molecule has 3 atom stereocenters. The van der Waals surface area contributed by atoms with Crippen LogP contribution in [0.3, 0.4) is 0 Å². The highest BCUT2D eigenvalue weighted by molar-refractivity contribution is 5.84. The Hall–Kier alpha value is -1.63. The maximum absolute atomic E-state index is 10.7. The lowest BCUT2D eigenvalue weighted by atomic mass is 9.84. The molecule has 7 heteroatoms. The van der Waals surface area contributed by atoms with Crippen molar-refractivity contribution in [3.63, 3.8) is 0 Å². The van der Waals surface area contributed by atoms with Crippen LogP contribution in [0, 0.1) is 11.8 Å². The third-order valence-electron chi connectivity index (χ3n) is 2.46. The Labute approximate surface area is 84.7 Å². The van der Waals surface area contributed by atoms with Crippen molar-refractivity contribution in [1.29, 1.82) is 0 Å². The summed E-state index contributed by atoms with van der Waals surface area (Å²) in [6.07, 6.45) is -0.158. The minimum Gasteiger partial charge on any atom is -0.481 e. The zero-order chi connectivity index (χ0) is 11.6. The lowest BCUT2D eigenvalue weighted by Crippen LogP contribution is -2.53. The van der Waals surface area contributed by atoms with Crippen molar-refractivity contribution in [2.45, 2.75) is 12.5 Å². The van der Waals surface area contributed by atoms with Gasteiger partial charge in [0.1, 0.15) is 6.04 Å². The molecular formula is C8H11NO6. The number of carboxylic acids is 3. The monoisotopic (exact) mass is 217 g/mol. The zero-order valence-corrected chi connectivity index (χ0v) is 7.71. The largest absolute Gasteiger partial charge is 0.481 e. The van der Waals surface area contributed by atoms with Gasteiger partial charge in [-0.3, -0.25) is 14.4 Å². The smallest absolute Gasteiger partial charge is 0.321 e. The average molecular weight is 217 g/mol. The van der Waals surface area contributed by atoms with Gasteiger partial charge >= 0.3 is 17.9 Å². The number of carbonyl (C=O) groups is 3. The summed E-state index contributed by atoms with van der Waals surface area (Å²) in [7, 11) is 0. The van der Waals surface area contributed by atoms with Gasteiger partial charge in [-0.1, -0.05) is 0 Å². The Morgan fingerprint density at radius 1 is 1.00 bits per heavy atom. The minimum atomic E-state index is -1.29. The molecule has 1 fully saturated rings. The third kappa shape index (κ3) is 2.44. The van der Waals surface area contributed by atoms with Gasteiger partial charge in [0.05, 0.1) is 11.8 Å². The van der Waals surface area contributed by atoms with E-state index in [1.807, 2.05) is 0 Å². The molecule has 1 aliphatic heterocycles. The normalized spacial score (nSPS) is 30.8. The van der Waals surface area contributed by atoms with Crippen LogP contribution in [-0.4, -0.2) is 45.8 Å². The van der Waals surface area contributed by atoms with Crippen LogP contribution in [0.1, 0.15) is 6.42 Å². The molecule has 0 aromatic carbocycles. The van der Waals surface area contributed by atoms with E-state index in [-0.39, 0.29) is 13.0 Å². The molecule has 1 aliphatic rings. The lowest BCUT2D eigenvalue weighted by molar-refractivity contribution is -0.156. The first kappa shape index (κ1) is 11.4. The summed E-state index contributed by atoms with van der Waals surface area (Å²) in [5.74, 6) is -5.72. The number of nitrogens with one attached hydrogen (secondary N) is 1. The SMILES string of the molecule is O=C(O)[C@H]1CN[C@@H](C(=O)O)[C@@H](C(=O)O)C1. The summed E-state index contributed by atoms with van der Waals surface area (Å²) in [4.78, 5) is 32.0. The number of hydrogen-bond donors (Lipinski definition) is 4. The molecule has 0 radical (unpaired) electrons. The van der Waals surface area contributed by atoms with Crippen LogP contribution < -0.4 is 5.32 Å². The molecule has 0 amide bonds. The first-order valence-corrected chi connectivity index (χ1v) is 4.35. The van der Waals surface area contributed by atoms with Crippen molar-refractivity contribution in [3.05, 3.63) is 0 Å². The molecule has 0 aliphatic carbocycles. The number of piperidine rings is 1. The van der Waals surface area contributed by atoms with E-state index in [0.717, 1.165) is 0 Å². The average Bonchev–Trinajstić information content (AvgIpc) is 2.16. The summed E-state index contributed by atoms with van der Waals surface area (Å²) in [5, 5.41) is 28.6. The molecule has 0 spiro atoms. The molecule has 0 aromatic heterocycles. The maximum Gasteiger partial charge on any atom is 0.321 e. The number of hydrogen-bond acceptors (Lipinski definition) is 4. The van der Waals surface area contributed by atoms with Crippen LogP contribution >= 0.6 is 0 Å². The summed E-state index contributed by atoms with van der Waals surface area (Å²) in [5.41, 5.74) is 0. The second kappa shape index (κ2) is 4.26. The highest BCUT2D eigenvalue weighted by Crippen LogP contribution is 2.22. The Bertz CT molecular complexity index is 302. The van der Waals surface area contributed by atoms with Crippen LogP contribution in [0.4, 0.5) is 0 Å². The van der Waals surface area contributed by atoms with Crippen LogP contribution in [0.2, 0.25) is 0 Å². The summed E-state index contributed by atoms with van der Waals surface area (Å²) in [6, 6.07) is -1.21. The van der Waals surface area contributed by atoms with Gasteiger partial charge in [0.2, 0.25) is 0 Å². The van der Waals surface area contributed by atoms with Crippen molar-refractivity contribution in [3.8, 4) is 0 Å². The van der Waals surface area contributed by atoms with Gasteiger partial charge in [-0.15, -0.1) is 0 Å². The molecule has 15 heavy (non-hydrogen) atoms. The van der Waals surface area contributed by atoms with Gasteiger partial charge in [0.25, 0.3) is 0 Å². The van der Waals surface area contributed by atoms with Gasteiger partial charge in [-0.25, -0.2) is 0 Å². The molecule has 7 nitrogen and oxygen atoms in total. The number of aliphatic carboxylic acids is 3. The van der Waals surface area contributed by atoms with Crippen molar-refractivity contribution in [2.24, 2.45) is 11.8 Å². The third-order valence-corrected chi connectivity index (χ3v) is 2.46. The molecule has 0 unspecified atom stereocenters. The topological polar surface area (TPSA) is 124 Å².